The molecule has 0 radical (unpaired) electrons. The van der Waals surface area contributed by atoms with Crippen molar-refractivity contribution in [2.45, 2.75) is 59.5 Å². The van der Waals surface area contributed by atoms with E-state index in [9.17, 15) is 0 Å². The molecule has 0 amide bonds. The maximum Gasteiger partial charge on any atom is 0.0242 e. The van der Waals surface area contributed by atoms with Crippen molar-refractivity contribution in [1.82, 2.24) is 10.2 Å². The Morgan fingerprint density at radius 2 is 1.80 bits per heavy atom. The van der Waals surface area contributed by atoms with Crippen LogP contribution in [0.3, 0.4) is 0 Å². The fraction of sp³-hybridized carbons (Fsp3) is 0.667. The molecule has 0 aromatic heterocycles. The SMILES string of the molecule is Cc1cc(C(C)(C)C)cc(C)c1CN1CCNC[C@H]1C. The zero-order chi connectivity index (χ0) is 14.9. The molecule has 2 heteroatoms. The molecule has 1 fully saturated rings. The van der Waals surface area contributed by atoms with Crippen LogP contribution in [0.5, 0.6) is 0 Å². The van der Waals surface area contributed by atoms with Crippen molar-refractivity contribution >= 4 is 0 Å². The van der Waals surface area contributed by atoms with Gasteiger partial charge in [0.25, 0.3) is 0 Å². The molecule has 1 heterocycles. The molecular weight excluding hydrogens is 244 g/mol. The highest BCUT2D eigenvalue weighted by Crippen LogP contribution is 2.27. The third-order valence-corrected chi connectivity index (χ3v) is 4.56. The standard InChI is InChI=1S/C18H30N2/c1-13-9-16(18(4,5)6)10-14(2)17(13)12-20-8-7-19-11-15(20)3/h9-10,15,19H,7-8,11-12H2,1-6H3/t15-/m1/s1. The molecule has 0 spiro atoms. The van der Waals surface area contributed by atoms with Crippen LogP contribution in [0.25, 0.3) is 0 Å². The quantitative estimate of drug-likeness (QED) is 0.889. The molecule has 112 valence electrons. The number of hydrogen-bond donors (Lipinski definition) is 1. The monoisotopic (exact) mass is 274 g/mol. The van der Waals surface area contributed by atoms with Crippen molar-refractivity contribution in [1.29, 1.82) is 0 Å². The molecular formula is C18H30N2. The van der Waals surface area contributed by atoms with E-state index in [0.29, 0.717) is 6.04 Å². The van der Waals surface area contributed by atoms with Gasteiger partial charge in [-0.3, -0.25) is 4.90 Å². The summed E-state index contributed by atoms with van der Waals surface area (Å²) >= 11 is 0. The first kappa shape index (κ1) is 15.5. The molecule has 0 aliphatic carbocycles. The summed E-state index contributed by atoms with van der Waals surface area (Å²) in [7, 11) is 0. The number of benzene rings is 1. The van der Waals surface area contributed by atoms with E-state index in [1.807, 2.05) is 0 Å². The summed E-state index contributed by atoms with van der Waals surface area (Å²) in [5.74, 6) is 0. The Kier molecular flexibility index (Phi) is 4.55. The summed E-state index contributed by atoms with van der Waals surface area (Å²) < 4.78 is 0. The molecule has 1 atom stereocenters. The maximum absolute atomic E-state index is 3.47. The van der Waals surface area contributed by atoms with E-state index >= 15 is 0 Å². The zero-order valence-electron chi connectivity index (χ0n) is 14.0. The van der Waals surface area contributed by atoms with E-state index in [1.54, 1.807) is 0 Å². The van der Waals surface area contributed by atoms with Gasteiger partial charge in [0, 0.05) is 32.2 Å². The molecule has 1 N–H and O–H groups in total. The Morgan fingerprint density at radius 3 is 2.30 bits per heavy atom. The average Bonchev–Trinajstić information content (AvgIpc) is 2.34. The average molecular weight is 274 g/mol. The number of piperazine rings is 1. The van der Waals surface area contributed by atoms with Gasteiger partial charge < -0.3 is 5.32 Å². The Morgan fingerprint density at radius 1 is 1.20 bits per heavy atom. The second-order valence-corrected chi connectivity index (χ2v) is 7.36. The van der Waals surface area contributed by atoms with Gasteiger partial charge in [-0.15, -0.1) is 0 Å². The van der Waals surface area contributed by atoms with Crippen molar-refractivity contribution in [2.24, 2.45) is 0 Å². The smallest absolute Gasteiger partial charge is 0.0242 e. The molecule has 0 bridgehead atoms. The molecule has 1 aliphatic heterocycles. The second-order valence-electron chi connectivity index (χ2n) is 7.36. The van der Waals surface area contributed by atoms with Crippen LogP contribution in [0.2, 0.25) is 0 Å². The first-order chi connectivity index (χ1) is 9.29. The first-order valence-corrected chi connectivity index (χ1v) is 7.84. The summed E-state index contributed by atoms with van der Waals surface area (Å²) in [6.45, 7) is 18.2. The lowest BCUT2D eigenvalue weighted by atomic mass is 9.83. The largest absolute Gasteiger partial charge is 0.314 e. The lowest BCUT2D eigenvalue weighted by molar-refractivity contribution is 0.165. The van der Waals surface area contributed by atoms with E-state index in [1.165, 1.54) is 22.3 Å². The van der Waals surface area contributed by atoms with Crippen molar-refractivity contribution < 1.29 is 0 Å². The fourth-order valence-corrected chi connectivity index (χ4v) is 3.00. The summed E-state index contributed by atoms with van der Waals surface area (Å²) in [6, 6.07) is 5.40. The minimum absolute atomic E-state index is 0.233. The number of nitrogens with one attached hydrogen (secondary N) is 1. The number of aryl methyl sites for hydroxylation is 2. The third-order valence-electron chi connectivity index (χ3n) is 4.56. The van der Waals surface area contributed by atoms with E-state index in [0.717, 1.165) is 26.2 Å². The van der Waals surface area contributed by atoms with Crippen LogP contribution in [0.4, 0.5) is 0 Å². The second kappa shape index (κ2) is 5.87. The highest BCUT2D eigenvalue weighted by atomic mass is 15.2. The Balaban J connectivity index is 2.24. The molecule has 0 saturated carbocycles. The molecule has 1 aliphatic rings. The zero-order valence-corrected chi connectivity index (χ0v) is 14.0. The topological polar surface area (TPSA) is 15.3 Å². The van der Waals surface area contributed by atoms with Crippen LogP contribution in [0, 0.1) is 13.8 Å². The van der Waals surface area contributed by atoms with Gasteiger partial charge in [-0.2, -0.15) is 0 Å². The molecule has 0 unspecified atom stereocenters. The van der Waals surface area contributed by atoms with Gasteiger partial charge in [0.05, 0.1) is 0 Å². The van der Waals surface area contributed by atoms with Crippen LogP contribution >= 0.6 is 0 Å². The van der Waals surface area contributed by atoms with E-state index in [4.69, 9.17) is 0 Å². The molecule has 20 heavy (non-hydrogen) atoms. The van der Waals surface area contributed by atoms with Crippen molar-refractivity contribution in [2.75, 3.05) is 19.6 Å². The highest BCUT2D eigenvalue weighted by molar-refractivity contribution is 5.40. The predicted molar refractivity (Wildman–Crippen MR) is 87.4 cm³/mol. The van der Waals surface area contributed by atoms with Crippen LogP contribution in [-0.2, 0) is 12.0 Å². The van der Waals surface area contributed by atoms with Crippen molar-refractivity contribution in [3.63, 3.8) is 0 Å². The van der Waals surface area contributed by atoms with Gasteiger partial charge in [0.15, 0.2) is 0 Å². The fourth-order valence-electron chi connectivity index (χ4n) is 3.00. The molecule has 1 aromatic carbocycles. The van der Waals surface area contributed by atoms with E-state index in [2.05, 4.69) is 63.9 Å². The van der Waals surface area contributed by atoms with Crippen LogP contribution in [-0.4, -0.2) is 30.6 Å². The first-order valence-electron chi connectivity index (χ1n) is 7.84. The Hall–Kier alpha value is -0.860. The third kappa shape index (κ3) is 3.42. The Labute approximate surface area is 124 Å². The van der Waals surface area contributed by atoms with Crippen LogP contribution in [0.15, 0.2) is 12.1 Å². The minimum Gasteiger partial charge on any atom is -0.314 e. The van der Waals surface area contributed by atoms with Gasteiger partial charge in [-0.1, -0.05) is 32.9 Å². The highest BCUT2D eigenvalue weighted by Gasteiger charge is 2.21. The predicted octanol–water partition coefficient (Wildman–Crippen LogP) is 3.39. The van der Waals surface area contributed by atoms with E-state index < -0.39 is 0 Å². The lowest BCUT2D eigenvalue weighted by Gasteiger charge is -2.35. The van der Waals surface area contributed by atoms with E-state index in [-0.39, 0.29) is 5.41 Å². The Bertz CT molecular complexity index is 448. The number of rotatable bonds is 2. The van der Waals surface area contributed by atoms with Gasteiger partial charge in [-0.25, -0.2) is 0 Å². The minimum atomic E-state index is 0.233. The normalized spacial score (nSPS) is 21.2. The summed E-state index contributed by atoms with van der Waals surface area (Å²) in [5, 5.41) is 3.47. The summed E-state index contributed by atoms with van der Waals surface area (Å²) in [5.41, 5.74) is 6.09. The van der Waals surface area contributed by atoms with Gasteiger partial charge in [0.2, 0.25) is 0 Å². The summed E-state index contributed by atoms with van der Waals surface area (Å²) in [6.07, 6.45) is 0. The van der Waals surface area contributed by atoms with Crippen LogP contribution < -0.4 is 5.32 Å². The molecule has 1 aromatic rings. The molecule has 1 saturated heterocycles. The molecule has 2 rings (SSSR count). The van der Waals surface area contributed by atoms with Crippen LogP contribution in [0.1, 0.15) is 49.9 Å². The summed E-state index contributed by atoms with van der Waals surface area (Å²) in [4.78, 5) is 2.60. The maximum atomic E-state index is 3.47. The van der Waals surface area contributed by atoms with Crippen molar-refractivity contribution in [3.05, 3.63) is 34.4 Å². The van der Waals surface area contributed by atoms with Crippen molar-refractivity contribution in [3.8, 4) is 0 Å². The van der Waals surface area contributed by atoms with Gasteiger partial charge >= 0.3 is 0 Å². The van der Waals surface area contributed by atoms with Gasteiger partial charge in [-0.05, 0) is 48.4 Å². The molecule has 2 nitrogen and oxygen atoms in total. The number of hydrogen-bond acceptors (Lipinski definition) is 2. The number of nitrogens with zero attached hydrogens (tertiary/aromatic N) is 1. The van der Waals surface area contributed by atoms with Gasteiger partial charge in [0.1, 0.15) is 0 Å². The lowest BCUT2D eigenvalue weighted by Crippen LogP contribution is -2.49.